The number of amides is 1. The van der Waals surface area contributed by atoms with Crippen LogP contribution in [0.5, 0.6) is 0 Å². The molecule has 29 heavy (non-hydrogen) atoms. The molecule has 2 N–H and O–H groups in total. The molecule has 3 rings (SSSR count). The second kappa shape index (κ2) is 10.4. The number of hydrogen-bond donors (Lipinski definition) is 2. The molecule has 1 aromatic carbocycles. The van der Waals surface area contributed by atoms with Crippen molar-refractivity contribution in [3.05, 3.63) is 59.6 Å². The van der Waals surface area contributed by atoms with Crippen LogP contribution in [0.3, 0.4) is 0 Å². The van der Waals surface area contributed by atoms with Crippen molar-refractivity contribution in [3.8, 4) is 0 Å². The van der Waals surface area contributed by atoms with Crippen molar-refractivity contribution in [2.75, 3.05) is 18.5 Å². The average Bonchev–Trinajstić information content (AvgIpc) is 2.75. The summed E-state index contributed by atoms with van der Waals surface area (Å²) >= 11 is 0. The molecule has 1 heterocycles. The van der Waals surface area contributed by atoms with Crippen LogP contribution in [-0.2, 0) is 4.74 Å². The summed E-state index contributed by atoms with van der Waals surface area (Å²) in [6.45, 7) is 2.71. The number of carbonyl (C=O) groups excluding carboxylic acids is 2. The monoisotopic (exact) mass is 394 g/mol. The minimum atomic E-state index is -0.357. The van der Waals surface area contributed by atoms with Gasteiger partial charge in [0.05, 0.1) is 12.2 Å². The topological polar surface area (TPSA) is 93.2 Å². The lowest BCUT2D eigenvalue weighted by atomic mass is 9.97. The smallest absolute Gasteiger partial charge is 0.338 e. The second-order valence-electron chi connectivity index (χ2n) is 6.83. The first-order valence-electron chi connectivity index (χ1n) is 9.98. The Morgan fingerprint density at radius 3 is 2.69 bits per heavy atom. The van der Waals surface area contributed by atoms with E-state index in [-0.39, 0.29) is 11.9 Å². The van der Waals surface area contributed by atoms with Gasteiger partial charge in [-0.1, -0.05) is 11.6 Å². The number of allylic oxidation sites excluding steroid dienone is 1. The van der Waals surface area contributed by atoms with Gasteiger partial charge in [-0.05, 0) is 63.3 Å². The Bertz CT molecular complexity index is 878. The Hall–Kier alpha value is -3.22. The largest absolute Gasteiger partial charge is 0.462 e. The summed E-state index contributed by atoms with van der Waals surface area (Å²) in [6, 6.07) is 8.47. The number of nitrogens with zero attached hydrogens (tertiary/aromatic N) is 2. The predicted molar refractivity (Wildman–Crippen MR) is 111 cm³/mol. The van der Waals surface area contributed by atoms with E-state index in [0.29, 0.717) is 30.2 Å². The van der Waals surface area contributed by atoms with Crippen LogP contribution in [0.25, 0.3) is 0 Å². The van der Waals surface area contributed by atoms with E-state index in [1.807, 2.05) is 0 Å². The number of esters is 1. The van der Waals surface area contributed by atoms with E-state index in [1.165, 1.54) is 24.7 Å². The van der Waals surface area contributed by atoms with Gasteiger partial charge < -0.3 is 15.4 Å². The van der Waals surface area contributed by atoms with Crippen LogP contribution in [0, 0.1) is 0 Å². The first-order chi connectivity index (χ1) is 14.2. The number of ether oxygens (including phenoxy) is 1. The van der Waals surface area contributed by atoms with E-state index < -0.39 is 0 Å². The molecular formula is C22H26N4O3. The molecular weight excluding hydrogens is 368 g/mol. The van der Waals surface area contributed by atoms with Crippen molar-refractivity contribution in [3.63, 3.8) is 0 Å². The Kier molecular flexibility index (Phi) is 7.33. The van der Waals surface area contributed by atoms with Crippen molar-refractivity contribution < 1.29 is 14.3 Å². The Labute approximate surface area is 170 Å². The highest BCUT2D eigenvalue weighted by Gasteiger charge is 2.10. The van der Waals surface area contributed by atoms with E-state index in [4.69, 9.17) is 4.74 Å². The van der Waals surface area contributed by atoms with E-state index in [2.05, 4.69) is 26.7 Å². The number of nitrogens with one attached hydrogen (secondary N) is 2. The third kappa shape index (κ3) is 6.14. The van der Waals surface area contributed by atoms with E-state index in [9.17, 15) is 9.59 Å². The van der Waals surface area contributed by atoms with Crippen molar-refractivity contribution in [1.82, 2.24) is 15.3 Å². The maximum atomic E-state index is 12.4. The van der Waals surface area contributed by atoms with Crippen molar-refractivity contribution in [1.29, 1.82) is 0 Å². The molecule has 0 bridgehead atoms. The highest BCUT2D eigenvalue weighted by atomic mass is 16.5. The van der Waals surface area contributed by atoms with Crippen LogP contribution in [0.2, 0.25) is 0 Å². The molecule has 0 radical (unpaired) electrons. The third-order valence-corrected chi connectivity index (χ3v) is 4.68. The van der Waals surface area contributed by atoms with Crippen LogP contribution >= 0.6 is 0 Å². The molecule has 0 saturated heterocycles. The van der Waals surface area contributed by atoms with E-state index in [1.54, 1.807) is 37.3 Å². The van der Waals surface area contributed by atoms with Crippen molar-refractivity contribution in [2.45, 2.75) is 39.0 Å². The Morgan fingerprint density at radius 1 is 1.14 bits per heavy atom. The summed E-state index contributed by atoms with van der Waals surface area (Å²) in [4.78, 5) is 32.3. The molecule has 0 unspecified atom stereocenters. The summed E-state index contributed by atoms with van der Waals surface area (Å²) in [5.74, 6) is -0.0717. The maximum absolute atomic E-state index is 12.4. The summed E-state index contributed by atoms with van der Waals surface area (Å²) in [7, 11) is 0. The normalized spacial score (nSPS) is 13.3. The van der Waals surface area contributed by atoms with Gasteiger partial charge in [-0.15, -0.1) is 0 Å². The molecule has 1 amide bonds. The fourth-order valence-corrected chi connectivity index (χ4v) is 3.16. The van der Waals surface area contributed by atoms with Gasteiger partial charge in [0.2, 0.25) is 0 Å². The number of aromatic nitrogens is 2. The van der Waals surface area contributed by atoms with Gasteiger partial charge in [0.25, 0.3) is 5.91 Å². The minimum absolute atomic E-state index is 0.218. The van der Waals surface area contributed by atoms with Crippen molar-refractivity contribution in [2.24, 2.45) is 0 Å². The zero-order valence-electron chi connectivity index (χ0n) is 16.6. The molecule has 0 fully saturated rings. The van der Waals surface area contributed by atoms with Gasteiger partial charge in [-0.25, -0.2) is 14.8 Å². The fraction of sp³-hybridized carbons (Fsp3) is 0.364. The Morgan fingerprint density at radius 2 is 1.97 bits per heavy atom. The standard InChI is InChI=1S/C22H26N4O3/c1-2-29-22(28)17-8-10-18(11-9-17)26-20-14-19(24-15-25-20)21(27)23-13-12-16-6-4-3-5-7-16/h6,8-11,14-15H,2-5,7,12-13H2,1H3,(H,23,27)(H,24,25,26). The van der Waals surface area contributed by atoms with Gasteiger partial charge in [0.1, 0.15) is 17.8 Å². The van der Waals surface area contributed by atoms with Crippen molar-refractivity contribution >= 4 is 23.4 Å². The van der Waals surface area contributed by atoms with Crippen LogP contribution in [0.4, 0.5) is 11.5 Å². The summed E-state index contributed by atoms with van der Waals surface area (Å²) < 4.78 is 4.97. The average molecular weight is 394 g/mol. The zero-order chi connectivity index (χ0) is 20.5. The number of anilines is 2. The predicted octanol–water partition coefficient (Wildman–Crippen LogP) is 4.02. The molecule has 1 aliphatic carbocycles. The van der Waals surface area contributed by atoms with Crippen LogP contribution in [0.1, 0.15) is 59.9 Å². The number of carbonyl (C=O) groups is 2. The molecule has 0 saturated carbocycles. The lowest BCUT2D eigenvalue weighted by Crippen LogP contribution is -2.26. The Balaban J connectivity index is 1.55. The molecule has 7 heteroatoms. The first-order valence-corrected chi connectivity index (χ1v) is 9.98. The van der Waals surface area contributed by atoms with Gasteiger partial charge in [0.15, 0.2) is 0 Å². The van der Waals surface area contributed by atoms with E-state index >= 15 is 0 Å². The lowest BCUT2D eigenvalue weighted by molar-refractivity contribution is 0.0526. The number of benzene rings is 1. The number of rotatable bonds is 8. The first kappa shape index (κ1) is 20.5. The van der Waals surface area contributed by atoms with Gasteiger partial charge in [-0.3, -0.25) is 4.79 Å². The highest BCUT2D eigenvalue weighted by Crippen LogP contribution is 2.19. The molecule has 1 aromatic heterocycles. The maximum Gasteiger partial charge on any atom is 0.338 e. The third-order valence-electron chi connectivity index (χ3n) is 4.68. The SMILES string of the molecule is CCOC(=O)c1ccc(Nc2cc(C(=O)NCCC3=CCCCC3)ncn2)cc1. The highest BCUT2D eigenvalue weighted by molar-refractivity contribution is 5.93. The molecule has 0 aliphatic heterocycles. The fourth-order valence-electron chi connectivity index (χ4n) is 3.16. The summed E-state index contributed by atoms with van der Waals surface area (Å²) in [5, 5.41) is 6.03. The minimum Gasteiger partial charge on any atom is -0.462 e. The molecule has 0 atom stereocenters. The zero-order valence-corrected chi connectivity index (χ0v) is 16.6. The van der Waals surface area contributed by atoms with Gasteiger partial charge in [-0.2, -0.15) is 0 Å². The summed E-state index contributed by atoms with van der Waals surface area (Å²) in [5.41, 5.74) is 2.96. The summed E-state index contributed by atoms with van der Waals surface area (Å²) in [6.07, 6.45) is 9.30. The molecule has 1 aliphatic rings. The second-order valence-corrected chi connectivity index (χ2v) is 6.83. The van der Waals surface area contributed by atoms with Gasteiger partial charge in [0, 0.05) is 18.3 Å². The molecule has 7 nitrogen and oxygen atoms in total. The number of hydrogen-bond acceptors (Lipinski definition) is 6. The van der Waals surface area contributed by atoms with E-state index in [0.717, 1.165) is 24.9 Å². The van der Waals surface area contributed by atoms with Gasteiger partial charge >= 0.3 is 5.97 Å². The van der Waals surface area contributed by atoms with Crippen LogP contribution < -0.4 is 10.6 Å². The molecule has 2 aromatic rings. The molecule has 152 valence electrons. The quantitative estimate of drug-likeness (QED) is 0.519. The lowest BCUT2D eigenvalue weighted by Gasteiger charge is -2.13. The van der Waals surface area contributed by atoms with Crippen LogP contribution in [-0.4, -0.2) is 35.0 Å². The molecule has 0 spiro atoms. The van der Waals surface area contributed by atoms with Crippen LogP contribution in [0.15, 0.2) is 48.3 Å².